The first-order valence-electron chi connectivity index (χ1n) is 6.93. The summed E-state index contributed by atoms with van der Waals surface area (Å²) in [6, 6.07) is 6.83. The van der Waals surface area contributed by atoms with Gasteiger partial charge in [-0.2, -0.15) is 0 Å². The molecule has 0 fully saturated rings. The molecule has 0 aliphatic heterocycles. The lowest BCUT2D eigenvalue weighted by Gasteiger charge is -2.06. The fourth-order valence-corrected chi connectivity index (χ4v) is 1.77. The van der Waals surface area contributed by atoms with Gasteiger partial charge in [0, 0.05) is 17.8 Å². The van der Waals surface area contributed by atoms with Crippen LogP contribution in [0.25, 0.3) is 0 Å². The minimum absolute atomic E-state index is 0.111. The first kappa shape index (κ1) is 16.7. The summed E-state index contributed by atoms with van der Waals surface area (Å²) in [5.41, 5.74) is 8.97. The molecule has 1 amide bonds. The molecule has 112 valence electrons. The zero-order chi connectivity index (χ0) is 15.7. The van der Waals surface area contributed by atoms with Gasteiger partial charge in [-0.15, -0.1) is 0 Å². The van der Waals surface area contributed by atoms with Crippen molar-refractivity contribution in [2.45, 2.75) is 26.7 Å². The maximum Gasteiger partial charge on any atom is 0.251 e. The third kappa shape index (κ3) is 6.56. The van der Waals surface area contributed by atoms with Gasteiger partial charge in [-0.05, 0) is 57.0 Å². The Bertz CT molecular complexity index is 542. The van der Waals surface area contributed by atoms with Crippen molar-refractivity contribution in [3.8, 4) is 0 Å². The number of hydrogen-bond donors (Lipinski definition) is 2. The van der Waals surface area contributed by atoms with Crippen molar-refractivity contribution >= 4 is 17.9 Å². The summed E-state index contributed by atoms with van der Waals surface area (Å²) in [7, 11) is 0. The number of hydrogen-bond acceptors (Lipinski definition) is 3. The zero-order valence-electron chi connectivity index (χ0n) is 12.6. The lowest BCUT2D eigenvalue weighted by Crippen LogP contribution is -2.25. The van der Waals surface area contributed by atoms with Gasteiger partial charge in [-0.1, -0.05) is 17.2 Å². The van der Waals surface area contributed by atoms with E-state index in [0.29, 0.717) is 17.8 Å². The minimum Gasteiger partial charge on any atom is -0.399 e. The van der Waals surface area contributed by atoms with Crippen molar-refractivity contribution in [2.24, 2.45) is 0 Å². The Balaban J connectivity index is 2.40. The summed E-state index contributed by atoms with van der Waals surface area (Å²) in [6.45, 7) is 4.42. The molecule has 0 aliphatic rings. The number of carbonyl (C=O) groups is 2. The number of benzene rings is 1. The van der Waals surface area contributed by atoms with Crippen molar-refractivity contribution in [1.82, 2.24) is 5.32 Å². The molecule has 0 saturated heterocycles. The van der Waals surface area contributed by atoms with Crippen molar-refractivity contribution in [3.63, 3.8) is 0 Å². The van der Waals surface area contributed by atoms with Crippen LogP contribution in [0.15, 0.2) is 47.6 Å². The van der Waals surface area contributed by atoms with E-state index in [0.717, 1.165) is 30.3 Å². The van der Waals surface area contributed by atoms with Crippen LogP contribution in [-0.2, 0) is 4.79 Å². The predicted octanol–water partition coefficient (Wildman–Crippen LogP) is 2.87. The lowest BCUT2D eigenvalue weighted by atomic mass is 10.1. The summed E-state index contributed by atoms with van der Waals surface area (Å²) < 4.78 is 0. The van der Waals surface area contributed by atoms with Gasteiger partial charge in [-0.3, -0.25) is 9.59 Å². The second-order valence-corrected chi connectivity index (χ2v) is 5.04. The third-order valence-electron chi connectivity index (χ3n) is 3.08. The molecule has 4 nitrogen and oxygen atoms in total. The van der Waals surface area contributed by atoms with Gasteiger partial charge in [0.1, 0.15) is 6.29 Å². The summed E-state index contributed by atoms with van der Waals surface area (Å²) >= 11 is 0. The Labute approximate surface area is 125 Å². The van der Waals surface area contributed by atoms with Crippen molar-refractivity contribution < 1.29 is 9.59 Å². The lowest BCUT2D eigenvalue weighted by molar-refractivity contribution is -0.104. The van der Waals surface area contributed by atoms with Crippen molar-refractivity contribution in [2.75, 3.05) is 12.3 Å². The quantitative estimate of drug-likeness (QED) is 0.350. The molecule has 0 aromatic heterocycles. The maximum absolute atomic E-state index is 11.9. The van der Waals surface area contributed by atoms with E-state index in [-0.39, 0.29) is 5.91 Å². The smallest absolute Gasteiger partial charge is 0.251 e. The molecule has 0 bridgehead atoms. The molecule has 0 atom stereocenters. The van der Waals surface area contributed by atoms with E-state index >= 15 is 0 Å². The van der Waals surface area contributed by atoms with Gasteiger partial charge in [0.05, 0.1) is 0 Å². The monoisotopic (exact) mass is 286 g/mol. The molecule has 1 rings (SSSR count). The molecule has 21 heavy (non-hydrogen) atoms. The average molecular weight is 286 g/mol. The number of nitrogens with one attached hydrogen (secondary N) is 1. The average Bonchev–Trinajstić information content (AvgIpc) is 2.46. The van der Waals surface area contributed by atoms with E-state index < -0.39 is 0 Å². The van der Waals surface area contributed by atoms with Crippen LogP contribution >= 0.6 is 0 Å². The first-order chi connectivity index (χ1) is 10.0. The number of allylic oxidation sites excluding steroid dienone is 3. The van der Waals surface area contributed by atoms with Crippen molar-refractivity contribution in [3.05, 3.63) is 53.1 Å². The maximum atomic E-state index is 11.9. The highest BCUT2D eigenvalue weighted by molar-refractivity contribution is 5.94. The molecule has 3 N–H and O–H groups in total. The fraction of sp³-hybridized carbons (Fsp3) is 0.294. The summed E-state index contributed by atoms with van der Waals surface area (Å²) in [4.78, 5) is 22.2. The molecular formula is C17H22N2O2. The van der Waals surface area contributed by atoms with Gasteiger partial charge in [0.2, 0.25) is 0 Å². The number of carbonyl (C=O) groups excluding carboxylic acids is 2. The van der Waals surface area contributed by atoms with Gasteiger partial charge in [-0.25, -0.2) is 0 Å². The molecule has 0 radical (unpaired) electrons. The van der Waals surface area contributed by atoms with Gasteiger partial charge in [0.15, 0.2) is 0 Å². The van der Waals surface area contributed by atoms with Gasteiger partial charge in [0.25, 0.3) is 5.91 Å². The second kappa shape index (κ2) is 8.74. The summed E-state index contributed by atoms with van der Waals surface area (Å²) in [5.74, 6) is -0.111. The number of nitrogens with two attached hydrogens (primary N) is 1. The van der Waals surface area contributed by atoms with E-state index in [1.807, 2.05) is 13.8 Å². The SMILES string of the molecule is CC(=CC=O)CCC=C(C)CNC(=O)c1ccc(N)cc1. The van der Waals surface area contributed by atoms with Crippen LogP contribution in [0.3, 0.4) is 0 Å². The predicted molar refractivity (Wildman–Crippen MR) is 86.0 cm³/mol. The van der Waals surface area contributed by atoms with Crippen LogP contribution in [0, 0.1) is 0 Å². The molecule has 4 heteroatoms. The Morgan fingerprint density at radius 3 is 2.48 bits per heavy atom. The normalized spacial score (nSPS) is 12.1. The largest absolute Gasteiger partial charge is 0.399 e. The molecule has 0 heterocycles. The topological polar surface area (TPSA) is 72.2 Å². The van der Waals surface area contributed by atoms with Crippen LogP contribution in [0.2, 0.25) is 0 Å². The van der Waals surface area contributed by atoms with Crippen molar-refractivity contribution in [1.29, 1.82) is 0 Å². The standard InChI is InChI=1S/C17H22N2O2/c1-13(10-11-20)4-3-5-14(2)12-19-17(21)15-6-8-16(18)9-7-15/h5-11H,3-4,12,18H2,1-2H3,(H,19,21). The van der Waals surface area contributed by atoms with Crippen LogP contribution in [0.5, 0.6) is 0 Å². The number of amides is 1. The molecule has 0 saturated carbocycles. The molecule has 1 aromatic rings. The van der Waals surface area contributed by atoms with E-state index in [1.165, 1.54) is 0 Å². The zero-order valence-corrected chi connectivity index (χ0v) is 12.6. The Hall–Kier alpha value is -2.36. The molecule has 0 aliphatic carbocycles. The molecule has 0 unspecified atom stereocenters. The highest BCUT2D eigenvalue weighted by Gasteiger charge is 2.04. The third-order valence-corrected chi connectivity index (χ3v) is 3.08. The number of nitrogen functional groups attached to an aromatic ring is 1. The number of aldehydes is 1. The Kier molecular flexibility index (Phi) is 6.95. The van der Waals surface area contributed by atoms with Gasteiger partial charge >= 0.3 is 0 Å². The number of anilines is 1. The van der Waals surface area contributed by atoms with E-state index in [1.54, 1.807) is 30.3 Å². The molecular weight excluding hydrogens is 264 g/mol. The Morgan fingerprint density at radius 2 is 1.86 bits per heavy atom. The van der Waals surface area contributed by atoms with E-state index in [2.05, 4.69) is 11.4 Å². The van der Waals surface area contributed by atoms with E-state index in [9.17, 15) is 9.59 Å². The second-order valence-electron chi connectivity index (χ2n) is 5.04. The van der Waals surface area contributed by atoms with Crippen LogP contribution in [0.1, 0.15) is 37.0 Å². The fourth-order valence-electron chi connectivity index (χ4n) is 1.77. The molecule has 1 aromatic carbocycles. The molecule has 0 spiro atoms. The Morgan fingerprint density at radius 1 is 1.19 bits per heavy atom. The highest BCUT2D eigenvalue weighted by Crippen LogP contribution is 2.07. The summed E-state index contributed by atoms with van der Waals surface area (Å²) in [5, 5.41) is 2.86. The van der Waals surface area contributed by atoms with Crippen LogP contribution < -0.4 is 11.1 Å². The first-order valence-corrected chi connectivity index (χ1v) is 6.93. The number of rotatable bonds is 7. The minimum atomic E-state index is -0.111. The van der Waals surface area contributed by atoms with E-state index in [4.69, 9.17) is 5.73 Å². The van der Waals surface area contributed by atoms with Crippen LogP contribution in [-0.4, -0.2) is 18.7 Å². The van der Waals surface area contributed by atoms with Gasteiger partial charge < -0.3 is 11.1 Å². The highest BCUT2D eigenvalue weighted by atomic mass is 16.1. The summed E-state index contributed by atoms with van der Waals surface area (Å²) in [6.07, 6.45) is 6.16. The van der Waals surface area contributed by atoms with Crippen LogP contribution in [0.4, 0.5) is 5.69 Å².